The number of Topliss-reactive ketones (excluding diaryl/α,β-unsaturated/α-hetero) is 2. The minimum Gasteiger partial charge on any atom is -0.300 e. The Hall–Kier alpha value is -1.48. The van der Waals surface area contributed by atoms with E-state index in [1.54, 1.807) is 6.92 Å². The molecule has 0 aliphatic carbocycles. The van der Waals surface area contributed by atoms with Crippen LogP contribution in [-0.4, -0.2) is 29.6 Å². The fraction of sp³-hybridized carbons (Fsp3) is 0.429. The van der Waals surface area contributed by atoms with Gasteiger partial charge in [-0.25, -0.2) is 0 Å². The van der Waals surface area contributed by atoms with Crippen LogP contribution in [0.3, 0.4) is 0 Å². The molecule has 0 amide bonds. The summed E-state index contributed by atoms with van der Waals surface area (Å²) in [7, 11) is 0. The van der Waals surface area contributed by atoms with Crippen molar-refractivity contribution in [1.82, 2.24) is 4.90 Å². The van der Waals surface area contributed by atoms with Gasteiger partial charge in [-0.3, -0.25) is 14.5 Å². The maximum Gasteiger partial charge on any atom is 0.159 e. The summed E-state index contributed by atoms with van der Waals surface area (Å²) >= 11 is 0. The van der Waals surface area contributed by atoms with Crippen LogP contribution in [0, 0.1) is 0 Å². The molecule has 1 aromatic carbocycles. The van der Waals surface area contributed by atoms with Gasteiger partial charge in [0.2, 0.25) is 0 Å². The minimum atomic E-state index is 0.0973. The Bertz CT molecular complexity index is 412. The number of likely N-dealkylation sites (tertiary alicyclic amines) is 1. The first-order chi connectivity index (χ1) is 8.15. The van der Waals surface area contributed by atoms with Gasteiger partial charge in [0.15, 0.2) is 5.78 Å². The van der Waals surface area contributed by atoms with Crippen molar-refractivity contribution in [3.8, 4) is 0 Å². The molecule has 1 fully saturated rings. The number of ketones is 2. The zero-order chi connectivity index (χ0) is 12.3. The molecule has 3 heteroatoms. The topological polar surface area (TPSA) is 37.4 Å². The van der Waals surface area contributed by atoms with Crippen LogP contribution >= 0.6 is 0 Å². The van der Waals surface area contributed by atoms with Crippen molar-refractivity contribution >= 4 is 11.6 Å². The number of piperidine rings is 1. The molecule has 0 N–H and O–H groups in total. The van der Waals surface area contributed by atoms with Gasteiger partial charge in [0.1, 0.15) is 5.78 Å². The molecule has 0 spiro atoms. The summed E-state index contributed by atoms with van der Waals surface area (Å²) in [6.07, 6.45) is 1.34. The Morgan fingerprint density at radius 2 is 1.76 bits per heavy atom. The van der Waals surface area contributed by atoms with Crippen molar-refractivity contribution in [1.29, 1.82) is 0 Å². The average molecular weight is 231 g/mol. The van der Waals surface area contributed by atoms with Crippen LogP contribution in [0.1, 0.15) is 35.7 Å². The van der Waals surface area contributed by atoms with Crippen LogP contribution in [0.2, 0.25) is 0 Å². The lowest BCUT2D eigenvalue weighted by atomic mass is 10.1. The van der Waals surface area contributed by atoms with E-state index in [9.17, 15) is 9.59 Å². The fourth-order valence-electron chi connectivity index (χ4n) is 2.06. The smallest absolute Gasteiger partial charge is 0.159 e. The largest absolute Gasteiger partial charge is 0.300 e. The highest BCUT2D eigenvalue weighted by molar-refractivity contribution is 5.94. The molecule has 17 heavy (non-hydrogen) atoms. The van der Waals surface area contributed by atoms with Crippen molar-refractivity contribution in [2.75, 3.05) is 13.1 Å². The predicted octanol–water partition coefficient (Wildman–Crippen LogP) is 2.05. The lowest BCUT2D eigenvalue weighted by Crippen LogP contribution is -2.33. The van der Waals surface area contributed by atoms with E-state index >= 15 is 0 Å². The first-order valence-electron chi connectivity index (χ1n) is 5.99. The predicted molar refractivity (Wildman–Crippen MR) is 66.0 cm³/mol. The summed E-state index contributed by atoms with van der Waals surface area (Å²) in [5, 5.41) is 0. The lowest BCUT2D eigenvalue weighted by molar-refractivity contribution is -0.121. The molecule has 0 aromatic heterocycles. The van der Waals surface area contributed by atoms with E-state index < -0.39 is 0 Å². The van der Waals surface area contributed by atoms with E-state index in [2.05, 4.69) is 4.90 Å². The number of hydrogen-bond donors (Lipinski definition) is 0. The summed E-state index contributed by atoms with van der Waals surface area (Å²) in [6.45, 7) is 4.15. The van der Waals surface area contributed by atoms with Gasteiger partial charge in [0.25, 0.3) is 0 Å². The molecule has 0 bridgehead atoms. The molecule has 0 radical (unpaired) electrons. The van der Waals surface area contributed by atoms with Crippen LogP contribution < -0.4 is 0 Å². The number of carbonyl (C=O) groups excluding carboxylic acids is 2. The summed E-state index contributed by atoms with van der Waals surface area (Å²) in [5.74, 6) is 0.466. The standard InChI is InChI=1S/C14H17NO2/c1-11(16)13-4-2-12(3-5-13)10-15-8-6-14(17)7-9-15/h2-5H,6-10H2,1H3. The van der Waals surface area contributed by atoms with Crippen LogP contribution in [0.4, 0.5) is 0 Å². The fourth-order valence-corrected chi connectivity index (χ4v) is 2.06. The van der Waals surface area contributed by atoms with Crippen molar-refractivity contribution in [2.24, 2.45) is 0 Å². The number of benzene rings is 1. The van der Waals surface area contributed by atoms with Crippen molar-refractivity contribution in [3.05, 3.63) is 35.4 Å². The maximum atomic E-state index is 11.1. The number of hydrogen-bond acceptors (Lipinski definition) is 3. The van der Waals surface area contributed by atoms with Crippen LogP contribution in [-0.2, 0) is 11.3 Å². The second kappa shape index (κ2) is 5.23. The van der Waals surface area contributed by atoms with Gasteiger partial charge < -0.3 is 0 Å². The van der Waals surface area contributed by atoms with Crippen LogP contribution in [0.25, 0.3) is 0 Å². The summed E-state index contributed by atoms with van der Waals surface area (Å²) < 4.78 is 0. The number of carbonyl (C=O) groups is 2. The number of rotatable bonds is 3. The van der Waals surface area contributed by atoms with Gasteiger partial charge in [-0.2, -0.15) is 0 Å². The molecule has 1 aromatic rings. The molecule has 1 saturated heterocycles. The Kier molecular flexibility index (Phi) is 3.69. The first-order valence-corrected chi connectivity index (χ1v) is 5.99. The van der Waals surface area contributed by atoms with Crippen molar-refractivity contribution in [2.45, 2.75) is 26.3 Å². The van der Waals surface area contributed by atoms with Crippen LogP contribution in [0.5, 0.6) is 0 Å². The van der Waals surface area contributed by atoms with Gasteiger partial charge >= 0.3 is 0 Å². The lowest BCUT2D eigenvalue weighted by Gasteiger charge is -2.25. The second-order valence-corrected chi connectivity index (χ2v) is 4.57. The normalized spacial score (nSPS) is 17.1. The summed E-state index contributed by atoms with van der Waals surface area (Å²) in [6, 6.07) is 7.72. The van der Waals surface area contributed by atoms with Gasteiger partial charge in [-0.05, 0) is 12.5 Å². The number of nitrogens with zero attached hydrogens (tertiary/aromatic N) is 1. The highest BCUT2D eigenvalue weighted by Crippen LogP contribution is 2.12. The molecule has 1 aliphatic rings. The zero-order valence-corrected chi connectivity index (χ0v) is 10.1. The first kappa shape index (κ1) is 12.0. The van der Waals surface area contributed by atoms with Gasteiger partial charge in [-0.1, -0.05) is 24.3 Å². The van der Waals surface area contributed by atoms with E-state index in [4.69, 9.17) is 0 Å². The van der Waals surface area contributed by atoms with E-state index in [0.29, 0.717) is 18.6 Å². The third kappa shape index (κ3) is 3.24. The van der Waals surface area contributed by atoms with E-state index in [-0.39, 0.29) is 5.78 Å². The third-order valence-corrected chi connectivity index (χ3v) is 3.18. The molecular formula is C14H17NO2. The quantitative estimate of drug-likeness (QED) is 0.747. The molecule has 2 rings (SSSR count). The van der Waals surface area contributed by atoms with E-state index in [0.717, 1.165) is 25.2 Å². The Morgan fingerprint density at radius 1 is 1.18 bits per heavy atom. The monoisotopic (exact) mass is 231 g/mol. The molecule has 90 valence electrons. The highest BCUT2D eigenvalue weighted by Gasteiger charge is 2.15. The van der Waals surface area contributed by atoms with E-state index in [1.807, 2.05) is 24.3 Å². The minimum absolute atomic E-state index is 0.0973. The maximum absolute atomic E-state index is 11.1. The highest BCUT2D eigenvalue weighted by atomic mass is 16.1. The third-order valence-electron chi connectivity index (χ3n) is 3.18. The molecule has 1 heterocycles. The van der Waals surface area contributed by atoms with E-state index in [1.165, 1.54) is 5.56 Å². The molecule has 0 saturated carbocycles. The van der Waals surface area contributed by atoms with Gasteiger partial charge in [0, 0.05) is 38.0 Å². The molecule has 0 unspecified atom stereocenters. The van der Waals surface area contributed by atoms with Gasteiger partial charge in [0.05, 0.1) is 0 Å². The van der Waals surface area contributed by atoms with Gasteiger partial charge in [-0.15, -0.1) is 0 Å². The Balaban J connectivity index is 1.95. The summed E-state index contributed by atoms with van der Waals surface area (Å²) in [5.41, 5.74) is 1.95. The zero-order valence-electron chi connectivity index (χ0n) is 10.1. The van der Waals surface area contributed by atoms with Crippen molar-refractivity contribution in [3.63, 3.8) is 0 Å². The molecule has 1 aliphatic heterocycles. The van der Waals surface area contributed by atoms with Crippen LogP contribution in [0.15, 0.2) is 24.3 Å². The molecule has 3 nitrogen and oxygen atoms in total. The molecular weight excluding hydrogens is 214 g/mol. The van der Waals surface area contributed by atoms with Crippen molar-refractivity contribution < 1.29 is 9.59 Å². The summed E-state index contributed by atoms with van der Waals surface area (Å²) in [4.78, 5) is 24.5. The average Bonchev–Trinajstić information content (AvgIpc) is 2.33. The Morgan fingerprint density at radius 3 is 2.29 bits per heavy atom. The SMILES string of the molecule is CC(=O)c1ccc(CN2CCC(=O)CC2)cc1. The second-order valence-electron chi connectivity index (χ2n) is 4.57. The molecule has 0 atom stereocenters. The Labute approximate surface area is 101 Å².